The molecule has 0 bridgehead atoms. The molecule has 4 nitrogen and oxygen atoms in total. The van der Waals surface area contributed by atoms with E-state index < -0.39 is 21.6 Å². The zero-order valence-corrected chi connectivity index (χ0v) is 11.4. The predicted molar refractivity (Wildman–Crippen MR) is 70.6 cm³/mol. The summed E-state index contributed by atoms with van der Waals surface area (Å²) in [6, 6.07) is 8.31. The lowest BCUT2D eigenvalue weighted by Gasteiger charge is -2.05. The highest BCUT2D eigenvalue weighted by Gasteiger charge is 2.17. The molecule has 1 rings (SSSR count). The zero-order valence-electron chi connectivity index (χ0n) is 9.02. The van der Waals surface area contributed by atoms with E-state index >= 15 is 0 Å². The van der Waals surface area contributed by atoms with Gasteiger partial charge in [0.25, 0.3) is 0 Å². The fourth-order valence-electron chi connectivity index (χ4n) is 1.12. The van der Waals surface area contributed by atoms with Crippen molar-refractivity contribution in [3.05, 3.63) is 47.0 Å². The van der Waals surface area contributed by atoms with Gasteiger partial charge in [-0.15, -0.1) is 0 Å². The first kappa shape index (κ1) is 14.1. The number of carbonyl (C=O) groups is 1. The minimum atomic E-state index is -3.61. The summed E-state index contributed by atoms with van der Waals surface area (Å²) in [5.74, 6) is -0.990. The van der Waals surface area contributed by atoms with Crippen LogP contribution in [0.4, 0.5) is 0 Å². The van der Waals surface area contributed by atoms with Gasteiger partial charge in [0.1, 0.15) is 5.75 Å². The van der Waals surface area contributed by atoms with Crippen molar-refractivity contribution in [1.29, 1.82) is 0 Å². The Hall–Kier alpha value is -0.980. The summed E-state index contributed by atoms with van der Waals surface area (Å²) in [4.78, 5) is 11.7. The van der Waals surface area contributed by atoms with Gasteiger partial charge in [0.05, 0.1) is 0 Å². The number of carbonyl (C=O) groups excluding carboxylic acids is 1. The van der Waals surface area contributed by atoms with Crippen LogP contribution in [0, 0.1) is 0 Å². The Labute approximate surface area is 109 Å². The lowest BCUT2D eigenvalue weighted by Crippen LogP contribution is -2.30. The highest BCUT2D eigenvalue weighted by atomic mass is 79.9. The lowest BCUT2D eigenvalue weighted by molar-refractivity contribution is 0.102. The van der Waals surface area contributed by atoms with E-state index in [4.69, 9.17) is 0 Å². The molecule has 0 saturated heterocycles. The minimum absolute atomic E-state index is 0.0738. The molecule has 0 aliphatic heterocycles. The van der Waals surface area contributed by atoms with Gasteiger partial charge >= 0.3 is 0 Å². The molecule has 0 heterocycles. The van der Waals surface area contributed by atoms with Crippen LogP contribution in [-0.2, 0) is 10.0 Å². The number of sulfonamides is 1. The summed E-state index contributed by atoms with van der Waals surface area (Å²) in [6.45, 7) is 3.57. The largest absolute Gasteiger partial charge is 0.293 e. The third kappa shape index (κ3) is 5.25. The van der Waals surface area contributed by atoms with E-state index in [9.17, 15) is 13.2 Å². The normalized spacial score (nSPS) is 11.1. The van der Waals surface area contributed by atoms with E-state index in [0.717, 1.165) is 0 Å². The first-order chi connectivity index (χ1) is 7.91. The van der Waals surface area contributed by atoms with Crippen molar-refractivity contribution in [2.24, 2.45) is 0 Å². The van der Waals surface area contributed by atoms with Crippen LogP contribution in [-0.4, -0.2) is 26.5 Å². The van der Waals surface area contributed by atoms with E-state index in [1.54, 1.807) is 30.3 Å². The molecular formula is C11H12BrNO3S. The van der Waals surface area contributed by atoms with Crippen LogP contribution >= 0.6 is 15.9 Å². The van der Waals surface area contributed by atoms with Crippen molar-refractivity contribution < 1.29 is 13.2 Å². The second kappa shape index (κ2) is 6.09. The number of Topliss-reactive ketones (excluding diaryl/α,β-unsaturated/α-hetero) is 1. The Balaban J connectivity index is 2.66. The molecule has 17 heavy (non-hydrogen) atoms. The Bertz CT molecular complexity index is 511. The van der Waals surface area contributed by atoms with Crippen LogP contribution in [0.3, 0.4) is 0 Å². The SMILES string of the molecule is C=C(Br)CNS(=O)(=O)CC(=O)c1ccccc1. The highest BCUT2D eigenvalue weighted by molar-refractivity contribution is 9.11. The highest BCUT2D eigenvalue weighted by Crippen LogP contribution is 2.03. The molecule has 0 radical (unpaired) electrons. The molecule has 0 unspecified atom stereocenters. The molecule has 0 spiro atoms. The topological polar surface area (TPSA) is 63.2 Å². The monoisotopic (exact) mass is 317 g/mol. The van der Waals surface area contributed by atoms with Gasteiger partial charge in [-0.05, 0) is 0 Å². The molecule has 92 valence electrons. The molecule has 0 amide bonds. The average molecular weight is 318 g/mol. The molecule has 1 aromatic rings. The van der Waals surface area contributed by atoms with Crippen LogP contribution < -0.4 is 4.72 Å². The molecule has 0 fully saturated rings. The van der Waals surface area contributed by atoms with Crippen molar-refractivity contribution in [2.75, 3.05) is 12.3 Å². The number of hydrogen-bond acceptors (Lipinski definition) is 3. The third-order valence-corrected chi connectivity index (χ3v) is 3.41. The second-order valence-electron chi connectivity index (χ2n) is 3.39. The van der Waals surface area contributed by atoms with Crippen LogP contribution in [0.15, 0.2) is 41.4 Å². The molecule has 0 atom stereocenters. The van der Waals surface area contributed by atoms with Crippen molar-refractivity contribution in [3.63, 3.8) is 0 Å². The predicted octanol–water partition coefficient (Wildman–Crippen LogP) is 1.70. The van der Waals surface area contributed by atoms with Crippen LogP contribution in [0.2, 0.25) is 0 Å². The minimum Gasteiger partial charge on any atom is -0.293 e. The number of nitrogens with one attached hydrogen (secondary N) is 1. The number of halogens is 1. The van der Waals surface area contributed by atoms with Crippen molar-refractivity contribution in [1.82, 2.24) is 4.72 Å². The molecular weight excluding hydrogens is 306 g/mol. The van der Waals surface area contributed by atoms with Gasteiger partial charge in [0.15, 0.2) is 5.78 Å². The van der Waals surface area contributed by atoms with Crippen molar-refractivity contribution >= 4 is 31.7 Å². The van der Waals surface area contributed by atoms with Crippen molar-refractivity contribution in [2.45, 2.75) is 0 Å². The fourth-order valence-corrected chi connectivity index (χ4v) is 2.45. The molecule has 0 aliphatic rings. The number of benzene rings is 1. The molecule has 0 aromatic heterocycles. The first-order valence-corrected chi connectivity index (χ1v) is 7.24. The lowest BCUT2D eigenvalue weighted by atomic mass is 10.2. The molecule has 1 N–H and O–H groups in total. The van der Waals surface area contributed by atoms with Crippen molar-refractivity contribution in [3.8, 4) is 0 Å². The summed E-state index contributed by atoms with van der Waals surface area (Å²) in [5.41, 5.74) is 0.385. The van der Waals surface area contributed by atoms with Gasteiger partial charge in [-0.1, -0.05) is 52.8 Å². The summed E-state index contributed by atoms with van der Waals surface area (Å²) in [6.07, 6.45) is 0. The summed E-state index contributed by atoms with van der Waals surface area (Å²) >= 11 is 3.03. The Kier molecular flexibility index (Phi) is 5.04. The smallest absolute Gasteiger partial charge is 0.219 e. The second-order valence-corrected chi connectivity index (χ2v) is 6.31. The molecule has 0 aliphatic carbocycles. The Morgan fingerprint density at radius 1 is 1.29 bits per heavy atom. The number of hydrogen-bond donors (Lipinski definition) is 1. The zero-order chi connectivity index (χ0) is 12.9. The summed E-state index contributed by atoms with van der Waals surface area (Å²) in [5, 5.41) is 0. The van der Waals surface area contributed by atoms with Gasteiger partial charge in [-0.2, -0.15) is 0 Å². The van der Waals surface area contributed by atoms with Gasteiger partial charge in [0.2, 0.25) is 10.0 Å². The maximum atomic E-state index is 11.7. The number of rotatable bonds is 6. The van der Waals surface area contributed by atoms with Gasteiger partial charge in [-0.3, -0.25) is 4.79 Å². The van der Waals surface area contributed by atoms with E-state index in [0.29, 0.717) is 10.0 Å². The number of ketones is 1. The third-order valence-electron chi connectivity index (χ3n) is 1.90. The van der Waals surface area contributed by atoms with Crippen LogP contribution in [0.1, 0.15) is 10.4 Å². The van der Waals surface area contributed by atoms with Crippen LogP contribution in [0.25, 0.3) is 0 Å². The van der Waals surface area contributed by atoms with E-state index in [-0.39, 0.29) is 6.54 Å². The molecule has 6 heteroatoms. The van der Waals surface area contributed by atoms with Crippen LogP contribution in [0.5, 0.6) is 0 Å². The molecule has 1 aromatic carbocycles. The molecule has 0 saturated carbocycles. The maximum Gasteiger partial charge on any atom is 0.219 e. The maximum absolute atomic E-state index is 11.7. The Morgan fingerprint density at radius 3 is 2.41 bits per heavy atom. The van der Waals surface area contributed by atoms with E-state index in [2.05, 4.69) is 27.2 Å². The Morgan fingerprint density at radius 2 is 1.88 bits per heavy atom. The summed E-state index contributed by atoms with van der Waals surface area (Å²) in [7, 11) is -3.61. The summed E-state index contributed by atoms with van der Waals surface area (Å²) < 4.78 is 25.8. The van der Waals surface area contributed by atoms with E-state index in [1.165, 1.54) is 0 Å². The van der Waals surface area contributed by atoms with Gasteiger partial charge < -0.3 is 0 Å². The fraction of sp³-hybridized carbons (Fsp3) is 0.182. The standard InChI is InChI=1S/C11H12BrNO3S/c1-9(12)7-13-17(15,16)8-11(14)10-5-3-2-4-6-10/h2-6,13H,1,7-8H2. The van der Waals surface area contributed by atoms with E-state index in [1.807, 2.05) is 0 Å². The quantitative estimate of drug-likeness (QED) is 0.812. The first-order valence-electron chi connectivity index (χ1n) is 4.79. The average Bonchev–Trinajstić information content (AvgIpc) is 2.27. The van der Waals surface area contributed by atoms with Gasteiger partial charge in [-0.25, -0.2) is 13.1 Å². The van der Waals surface area contributed by atoms with Gasteiger partial charge in [0, 0.05) is 16.6 Å².